The van der Waals surface area contributed by atoms with E-state index < -0.39 is 0 Å². The van der Waals surface area contributed by atoms with Crippen molar-refractivity contribution in [3.8, 4) is 0 Å². The number of nitrogens with zero attached hydrogens (tertiary/aromatic N) is 3. The molecule has 1 heterocycles. The van der Waals surface area contributed by atoms with Crippen LogP contribution in [0.4, 0.5) is 5.95 Å². The van der Waals surface area contributed by atoms with Crippen molar-refractivity contribution >= 4 is 23.6 Å². The number of amides is 1. The highest BCUT2D eigenvalue weighted by Gasteiger charge is 2.21. The van der Waals surface area contributed by atoms with E-state index in [9.17, 15) is 4.79 Å². The number of nitrogens with two attached hydrogens (primary N) is 2. The minimum Gasteiger partial charge on any atom is -0.368 e. The van der Waals surface area contributed by atoms with Crippen LogP contribution in [-0.2, 0) is 11.8 Å². The minimum atomic E-state index is -0.357. The first-order valence-electron chi connectivity index (χ1n) is 5.96. The Labute approximate surface area is 120 Å². The summed E-state index contributed by atoms with van der Waals surface area (Å²) < 4.78 is 1.67. The fourth-order valence-corrected chi connectivity index (χ4v) is 2.76. The van der Waals surface area contributed by atoms with Crippen LogP contribution in [0.15, 0.2) is 35.5 Å². The Bertz CT molecular complexity index is 585. The van der Waals surface area contributed by atoms with E-state index in [1.165, 1.54) is 11.8 Å². The summed E-state index contributed by atoms with van der Waals surface area (Å²) >= 11 is 1.41. The van der Waals surface area contributed by atoms with Gasteiger partial charge in [-0.25, -0.2) is 5.84 Å². The number of rotatable bonds is 5. The van der Waals surface area contributed by atoms with E-state index in [-0.39, 0.29) is 11.8 Å². The number of nitrogen functional groups attached to an aromatic ring is 1. The average molecular weight is 292 g/mol. The van der Waals surface area contributed by atoms with E-state index in [0.717, 1.165) is 5.56 Å². The Morgan fingerprint density at radius 3 is 2.65 bits per heavy atom. The Balaban J connectivity index is 2.13. The number of hydrogen-bond acceptors (Lipinski definition) is 6. The number of anilines is 1. The first-order valence-corrected chi connectivity index (χ1v) is 6.95. The second kappa shape index (κ2) is 6.40. The molecule has 20 heavy (non-hydrogen) atoms. The van der Waals surface area contributed by atoms with Crippen LogP contribution in [-0.4, -0.2) is 26.4 Å². The van der Waals surface area contributed by atoms with Crippen LogP contribution in [0.5, 0.6) is 0 Å². The normalized spacial score (nSPS) is 12.1. The Kier molecular flexibility index (Phi) is 4.59. The predicted octanol–water partition coefficient (Wildman–Crippen LogP) is 0.263. The molecule has 106 valence electrons. The van der Waals surface area contributed by atoms with Crippen LogP contribution in [0.2, 0.25) is 0 Å². The molecule has 1 unspecified atom stereocenters. The molecule has 2 rings (SSSR count). The quantitative estimate of drug-likeness (QED) is 0.315. The minimum absolute atomic E-state index is 0.237. The van der Waals surface area contributed by atoms with E-state index in [1.54, 1.807) is 11.6 Å². The lowest BCUT2D eigenvalue weighted by atomic mass is 10.0. The van der Waals surface area contributed by atoms with Gasteiger partial charge in [0.1, 0.15) is 0 Å². The first kappa shape index (κ1) is 14.4. The average Bonchev–Trinajstić information content (AvgIpc) is 2.80. The molecule has 0 aliphatic heterocycles. The van der Waals surface area contributed by atoms with Crippen molar-refractivity contribution in [2.24, 2.45) is 12.9 Å². The molecule has 0 saturated heterocycles. The summed E-state index contributed by atoms with van der Waals surface area (Å²) in [6, 6.07) is 9.46. The number of nitrogens with one attached hydrogen (secondary N) is 1. The summed E-state index contributed by atoms with van der Waals surface area (Å²) in [6.07, 6.45) is 0. The maximum absolute atomic E-state index is 11.9. The lowest BCUT2D eigenvalue weighted by Gasteiger charge is -2.14. The third-order valence-corrected chi connectivity index (χ3v) is 4.02. The third kappa shape index (κ3) is 3.09. The van der Waals surface area contributed by atoms with E-state index in [4.69, 9.17) is 11.6 Å². The van der Waals surface area contributed by atoms with Gasteiger partial charge in [-0.15, -0.1) is 10.2 Å². The highest BCUT2D eigenvalue weighted by Crippen LogP contribution is 2.25. The molecule has 0 aliphatic carbocycles. The summed E-state index contributed by atoms with van der Waals surface area (Å²) in [6.45, 7) is 0. The van der Waals surface area contributed by atoms with Gasteiger partial charge in [0.2, 0.25) is 11.9 Å². The summed E-state index contributed by atoms with van der Waals surface area (Å²) in [7, 11) is 1.78. The summed E-state index contributed by atoms with van der Waals surface area (Å²) in [5, 5.41) is 8.39. The summed E-state index contributed by atoms with van der Waals surface area (Å²) in [4.78, 5) is 11.9. The maximum atomic E-state index is 11.9. The highest BCUT2D eigenvalue weighted by atomic mass is 32.2. The van der Waals surface area contributed by atoms with Crippen LogP contribution < -0.4 is 17.0 Å². The Morgan fingerprint density at radius 2 is 2.10 bits per heavy atom. The molecular weight excluding hydrogens is 276 g/mol. The molecule has 1 aromatic heterocycles. The highest BCUT2D eigenvalue weighted by molar-refractivity contribution is 7.99. The second-order valence-corrected chi connectivity index (χ2v) is 5.17. The number of hydrazine groups is 1. The largest absolute Gasteiger partial charge is 0.368 e. The third-order valence-electron chi connectivity index (χ3n) is 2.91. The van der Waals surface area contributed by atoms with Crippen LogP contribution in [0, 0.1) is 0 Å². The molecule has 5 N–H and O–H groups in total. The van der Waals surface area contributed by atoms with Crippen molar-refractivity contribution in [3.63, 3.8) is 0 Å². The van der Waals surface area contributed by atoms with Gasteiger partial charge < -0.3 is 5.73 Å². The van der Waals surface area contributed by atoms with Crippen LogP contribution in [0.25, 0.3) is 0 Å². The Hall–Kier alpha value is -2.06. The molecule has 0 bridgehead atoms. The number of aromatic nitrogens is 3. The predicted molar refractivity (Wildman–Crippen MR) is 77.7 cm³/mol. The molecule has 0 aliphatic rings. The molecule has 8 heteroatoms. The second-order valence-electron chi connectivity index (χ2n) is 4.18. The number of hydrogen-bond donors (Lipinski definition) is 3. The molecule has 1 amide bonds. The fourth-order valence-electron chi connectivity index (χ4n) is 1.72. The van der Waals surface area contributed by atoms with Gasteiger partial charge >= 0.3 is 0 Å². The van der Waals surface area contributed by atoms with Gasteiger partial charge in [-0.2, -0.15) is 0 Å². The molecule has 7 nitrogen and oxygen atoms in total. The lowest BCUT2D eigenvalue weighted by molar-refractivity contribution is -0.122. The van der Waals surface area contributed by atoms with Gasteiger partial charge in [-0.3, -0.25) is 14.8 Å². The first-order chi connectivity index (χ1) is 9.63. The molecule has 1 atom stereocenters. The van der Waals surface area contributed by atoms with E-state index >= 15 is 0 Å². The van der Waals surface area contributed by atoms with E-state index in [0.29, 0.717) is 16.9 Å². The Morgan fingerprint density at radius 1 is 1.40 bits per heavy atom. The molecule has 0 spiro atoms. The van der Waals surface area contributed by atoms with Gasteiger partial charge in [0, 0.05) is 12.8 Å². The van der Waals surface area contributed by atoms with Crippen molar-refractivity contribution in [2.45, 2.75) is 11.1 Å². The van der Waals surface area contributed by atoms with Gasteiger partial charge in [0.05, 0.1) is 5.92 Å². The van der Waals surface area contributed by atoms with Gasteiger partial charge in [0.25, 0.3) is 0 Å². The summed E-state index contributed by atoms with van der Waals surface area (Å²) in [5.41, 5.74) is 8.72. The molecule has 0 radical (unpaired) electrons. The van der Waals surface area contributed by atoms with Crippen LogP contribution in [0.3, 0.4) is 0 Å². The molecule has 2 aromatic rings. The summed E-state index contributed by atoms with van der Waals surface area (Å²) in [5.74, 6) is 5.50. The standard InChI is InChI=1S/C12H16N6OS/c1-18-11(13)16-17-12(18)20-7-9(10(19)15-14)8-5-3-2-4-6-8/h2-6,9H,7,14H2,1H3,(H2,13,16)(H,15,19). The van der Waals surface area contributed by atoms with Crippen LogP contribution >= 0.6 is 11.8 Å². The van der Waals surface area contributed by atoms with Crippen LogP contribution in [0.1, 0.15) is 11.5 Å². The van der Waals surface area contributed by atoms with Crippen molar-refractivity contribution in [1.82, 2.24) is 20.2 Å². The topological polar surface area (TPSA) is 112 Å². The van der Waals surface area contributed by atoms with Gasteiger partial charge in [-0.1, -0.05) is 42.1 Å². The zero-order valence-corrected chi connectivity index (χ0v) is 11.8. The molecule has 1 aromatic carbocycles. The van der Waals surface area contributed by atoms with Crippen molar-refractivity contribution < 1.29 is 4.79 Å². The fraction of sp³-hybridized carbons (Fsp3) is 0.250. The van der Waals surface area contributed by atoms with Crippen molar-refractivity contribution in [3.05, 3.63) is 35.9 Å². The number of carbonyl (C=O) groups is 1. The molecular formula is C12H16N6OS. The maximum Gasteiger partial charge on any atom is 0.242 e. The smallest absolute Gasteiger partial charge is 0.242 e. The molecule has 0 saturated carbocycles. The van der Waals surface area contributed by atoms with Gasteiger partial charge in [0.15, 0.2) is 5.16 Å². The zero-order chi connectivity index (χ0) is 14.5. The monoisotopic (exact) mass is 292 g/mol. The van der Waals surface area contributed by atoms with E-state index in [1.807, 2.05) is 30.3 Å². The number of thioether (sulfide) groups is 1. The van der Waals surface area contributed by atoms with Crippen molar-refractivity contribution in [1.29, 1.82) is 0 Å². The van der Waals surface area contributed by atoms with E-state index in [2.05, 4.69) is 15.6 Å². The van der Waals surface area contributed by atoms with Gasteiger partial charge in [-0.05, 0) is 5.56 Å². The number of benzene rings is 1. The lowest BCUT2D eigenvalue weighted by Crippen LogP contribution is -2.35. The van der Waals surface area contributed by atoms with Crippen molar-refractivity contribution in [2.75, 3.05) is 11.5 Å². The molecule has 0 fully saturated rings. The zero-order valence-electron chi connectivity index (χ0n) is 11.0. The number of carbonyl (C=O) groups excluding carboxylic acids is 1. The SMILES string of the molecule is Cn1c(N)nnc1SCC(C(=O)NN)c1ccccc1.